The van der Waals surface area contributed by atoms with E-state index in [-0.39, 0.29) is 37.0 Å². The van der Waals surface area contributed by atoms with Crippen LogP contribution in [0.25, 0.3) is 0 Å². The summed E-state index contributed by atoms with van der Waals surface area (Å²) >= 11 is 0. The Bertz CT molecular complexity index is 813. The number of esters is 3. The Morgan fingerprint density at radius 3 is 1.88 bits per heavy atom. The van der Waals surface area contributed by atoms with Crippen molar-refractivity contribution in [2.45, 2.75) is 85.5 Å². The van der Waals surface area contributed by atoms with E-state index in [0.717, 1.165) is 18.9 Å². The third-order valence-electron chi connectivity index (χ3n) is 4.51. The van der Waals surface area contributed by atoms with Gasteiger partial charge in [0.2, 0.25) is 5.75 Å². The van der Waals surface area contributed by atoms with E-state index in [4.69, 9.17) is 14.2 Å². The van der Waals surface area contributed by atoms with E-state index in [1.807, 2.05) is 6.92 Å². The number of ether oxygens (including phenoxy) is 3. The first-order valence-electron chi connectivity index (χ1n) is 11.3. The number of phenols is 1. The Morgan fingerprint density at radius 2 is 1.34 bits per heavy atom. The van der Waals surface area contributed by atoms with Crippen molar-refractivity contribution in [2.24, 2.45) is 0 Å². The highest BCUT2D eigenvalue weighted by atomic mass is 16.6. The van der Waals surface area contributed by atoms with Crippen LogP contribution in [0.5, 0.6) is 17.2 Å². The van der Waals surface area contributed by atoms with Gasteiger partial charge in [0.1, 0.15) is 0 Å². The highest BCUT2D eigenvalue weighted by molar-refractivity contribution is 6.10. The van der Waals surface area contributed by atoms with Gasteiger partial charge in [-0.25, -0.2) is 4.79 Å². The molecule has 0 spiro atoms. The molecule has 0 amide bonds. The van der Waals surface area contributed by atoms with Gasteiger partial charge in [0.25, 0.3) is 0 Å². The standard InChI is InChI=1S/C24H34O8/c1-5-9-10-14-30-24(29)16-15-18(26)22(31-19(27)12-7-3)23(32-20(28)13-8-4)21(16)17(25)11-6-2/h15,26H,5-14H2,1-4H3. The Morgan fingerprint density at radius 1 is 0.781 bits per heavy atom. The highest BCUT2D eigenvalue weighted by Gasteiger charge is 2.31. The Hall–Kier alpha value is -2.90. The molecule has 1 N–H and O–H groups in total. The number of hydrogen-bond donors (Lipinski definition) is 1. The monoisotopic (exact) mass is 450 g/mol. The number of carbonyl (C=O) groups is 4. The Kier molecular flexibility index (Phi) is 12.1. The molecular formula is C24H34O8. The molecule has 0 saturated carbocycles. The van der Waals surface area contributed by atoms with Crippen molar-refractivity contribution in [3.63, 3.8) is 0 Å². The lowest BCUT2D eigenvalue weighted by atomic mass is 9.98. The van der Waals surface area contributed by atoms with E-state index in [2.05, 4.69) is 0 Å². The van der Waals surface area contributed by atoms with Gasteiger partial charge < -0.3 is 19.3 Å². The molecule has 0 atom stereocenters. The van der Waals surface area contributed by atoms with E-state index < -0.39 is 40.9 Å². The van der Waals surface area contributed by atoms with E-state index in [1.54, 1.807) is 20.8 Å². The molecule has 178 valence electrons. The summed E-state index contributed by atoms with van der Waals surface area (Å²) in [6.07, 6.45) is 4.05. The summed E-state index contributed by atoms with van der Waals surface area (Å²) in [5.74, 6) is -4.13. The summed E-state index contributed by atoms with van der Waals surface area (Å²) < 4.78 is 15.9. The van der Waals surface area contributed by atoms with Gasteiger partial charge in [-0.3, -0.25) is 14.4 Å². The molecule has 0 saturated heterocycles. The summed E-state index contributed by atoms with van der Waals surface area (Å²) in [4.78, 5) is 50.1. The second-order valence-electron chi connectivity index (χ2n) is 7.44. The number of rotatable bonds is 14. The zero-order chi connectivity index (χ0) is 24.1. The molecule has 0 bridgehead atoms. The van der Waals surface area contributed by atoms with Crippen LogP contribution in [0.15, 0.2) is 6.07 Å². The maximum Gasteiger partial charge on any atom is 0.339 e. The van der Waals surface area contributed by atoms with Crippen LogP contribution in [0.4, 0.5) is 0 Å². The van der Waals surface area contributed by atoms with Crippen LogP contribution in [0.3, 0.4) is 0 Å². The van der Waals surface area contributed by atoms with Gasteiger partial charge in [0.15, 0.2) is 17.3 Å². The van der Waals surface area contributed by atoms with Crippen molar-refractivity contribution in [3.8, 4) is 17.2 Å². The largest absolute Gasteiger partial charge is 0.504 e. The Labute approximate surface area is 189 Å². The van der Waals surface area contributed by atoms with E-state index in [0.29, 0.717) is 25.7 Å². The first kappa shape index (κ1) is 27.1. The molecule has 0 aliphatic heterocycles. The van der Waals surface area contributed by atoms with E-state index >= 15 is 0 Å². The van der Waals surface area contributed by atoms with Crippen molar-refractivity contribution in [1.29, 1.82) is 0 Å². The van der Waals surface area contributed by atoms with Crippen LogP contribution in [0.1, 0.15) is 106 Å². The van der Waals surface area contributed by atoms with Crippen LogP contribution in [-0.2, 0) is 14.3 Å². The summed E-state index contributed by atoms with van der Waals surface area (Å²) in [5, 5.41) is 10.5. The van der Waals surface area contributed by atoms with Gasteiger partial charge in [-0.1, -0.05) is 40.5 Å². The van der Waals surface area contributed by atoms with Crippen molar-refractivity contribution in [3.05, 3.63) is 17.2 Å². The van der Waals surface area contributed by atoms with Crippen LogP contribution < -0.4 is 9.47 Å². The number of ketones is 1. The zero-order valence-electron chi connectivity index (χ0n) is 19.5. The number of hydrogen-bond acceptors (Lipinski definition) is 8. The Balaban J connectivity index is 3.59. The molecule has 32 heavy (non-hydrogen) atoms. The quantitative estimate of drug-likeness (QED) is 0.179. The first-order chi connectivity index (χ1) is 15.3. The molecule has 8 nitrogen and oxygen atoms in total. The summed E-state index contributed by atoms with van der Waals surface area (Å²) in [5.41, 5.74) is -0.457. The maximum absolute atomic E-state index is 13.0. The molecule has 0 aliphatic carbocycles. The molecule has 1 aromatic carbocycles. The number of benzene rings is 1. The summed E-state index contributed by atoms with van der Waals surface area (Å²) in [6.45, 7) is 7.49. The molecule has 0 aromatic heterocycles. The first-order valence-corrected chi connectivity index (χ1v) is 11.3. The predicted molar refractivity (Wildman–Crippen MR) is 118 cm³/mol. The lowest BCUT2D eigenvalue weighted by molar-refractivity contribution is -0.137. The molecule has 0 fully saturated rings. The normalized spacial score (nSPS) is 10.5. The minimum absolute atomic E-state index is 0.0379. The van der Waals surface area contributed by atoms with Crippen LogP contribution in [0, 0.1) is 0 Å². The third-order valence-corrected chi connectivity index (χ3v) is 4.51. The minimum Gasteiger partial charge on any atom is -0.504 e. The average Bonchev–Trinajstić information content (AvgIpc) is 2.73. The van der Waals surface area contributed by atoms with Crippen molar-refractivity contribution in [1.82, 2.24) is 0 Å². The second-order valence-corrected chi connectivity index (χ2v) is 7.44. The number of carbonyl (C=O) groups excluding carboxylic acids is 4. The van der Waals surface area contributed by atoms with Crippen LogP contribution in [0.2, 0.25) is 0 Å². The second kappa shape index (κ2) is 14.2. The fourth-order valence-electron chi connectivity index (χ4n) is 2.95. The molecular weight excluding hydrogens is 416 g/mol. The van der Waals surface area contributed by atoms with Gasteiger partial charge in [-0.05, 0) is 31.7 Å². The molecule has 8 heteroatoms. The van der Waals surface area contributed by atoms with E-state index in [9.17, 15) is 24.3 Å². The fraction of sp³-hybridized carbons (Fsp3) is 0.583. The van der Waals surface area contributed by atoms with Gasteiger partial charge >= 0.3 is 17.9 Å². The van der Waals surface area contributed by atoms with Crippen LogP contribution in [-0.4, -0.2) is 35.4 Å². The van der Waals surface area contributed by atoms with Crippen molar-refractivity contribution < 1.29 is 38.5 Å². The average molecular weight is 451 g/mol. The minimum atomic E-state index is -0.824. The molecule has 1 aromatic rings. The number of aromatic hydroxyl groups is 1. The predicted octanol–water partition coefficient (Wildman–Crippen LogP) is 5.13. The molecule has 0 heterocycles. The smallest absolute Gasteiger partial charge is 0.339 e. The summed E-state index contributed by atoms with van der Waals surface area (Å²) in [6, 6.07) is 1.02. The number of Topliss-reactive ketones (excluding diaryl/α,β-unsaturated/α-hetero) is 1. The summed E-state index contributed by atoms with van der Waals surface area (Å²) in [7, 11) is 0. The maximum atomic E-state index is 13.0. The topological polar surface area (TPSA) is 116 Å². The number of unbranched alkanes of at least 4 members (excludes halogenated alkanes) is 2. The fourth-order valence-corrected chi connectivity index (χ4v) is 2.95. The SMILES string of the molecule is CCCCCOC(=O)c1cc(O)c(OC(=O)CCC)c(OC(=O)CCC)c1C(=O)CCC. The lowest BCUT2D eigenvalue weighted by Gasteiger charge is -2.18. The van der Waals surface area contributed by atoms with E-state index in [1.165, 1.54) is 0 Å². The molecule has 1 rings (SSSR count). The number of phenolic OH excluding ortho intramolecular Hbond substituents is 1. The zero-order valence-corrected chi connectivity index (χ0v) is 19.5. The molecule has 0 radical (unpaired) electrons. The third kappa shape index (κ3) is 7.98. The van der Waals surface area contributed by atoms with Crippen LogP contribution >= 0.6 is 0 Å². The van der Waals surface area contributed by atoms with Gasteiger partial charge in [0.05, 0.1) is 17.7 Å². The van der Waals surface area contributed by atoms with Crippen molar-refractivity contribution >= 4 is 23.7 Å². The molecule has 0 unspecified atom stereocenters. The van der Waals surface area contributed by atoms with Gasteiger partial charge in [0, 0.05) is 19.3 Å². The lowest BCUT2D eigenvalue weighted by Crippen LogP contribution is -2.19. The van der Waals surface area contributed by atoms with Gasteiger partial charge in [-0.15, -0.1) is 0 Å². The molecule has 0 aliphatic rings. The van der Waals surface area contributed by atoms with Gasteiger partial charge in [-0.2, -0.15) is 0 Å². The van der Waals surface area contributed by atoms with Crippen molar-refractivity contribution in [2.75, 3.05) is 6.61 Å². The highest BCUT2D eigenvalue weighted by Crippen LogP contribution is 2.43.